The van der Waals surface area contributed by atoms with E-state index in [-0.39, 0.29) is 6.10 Å². The van der Waals surface area contributed by atoms with Crippen molar-refractivity contribution in [1.82, 2.24) is 0 Å². The molecule has 0 amide bonds. The highest BCUT2D eigenvalue weighted by molar-refractivity contribution is 5.25. The molecule has 0 aromatic rings. The maximum absolute atomic E-state index is 10.2. The molecule has 0 aromatic carbocycles. The molecule has 4 aliphatic rings. The fourth-order valence-electron chi connectivity index (χ4n) is 7.75. The smallest absolute Gasteiger partial charge is 0.0591 e. The van der Waals surface area contributed by atoms with Crippen LogP contribution in [0.1, 0.15) is 91.9 Å². The van der Waals surface area contributed by atoms with Crippen molar-refractivity contribution in [3.8, 4) is 0 Å². The van der Waals surface area contributed by atoms with E-state index in [1.807, 2.05) is 13.8 Å². The van der Waals surface area contributed by atoms with Crippen LogP contribution in [0.4, 0.5) is 0 Å². The molecule has 0 heterocycles. The van der Waals surface area contributed by atoms with Crippen molar-refractivity contribution in [2.24, 2.45) is 34.5 Å². The van der Waals surface area contributed by atoms with Gasteiger partial charge in [0, 0.05) is 0 Å². The predicted octanol–water partition coefficient (Wildman–Crippen LogP) is 5.48. The van der Waals surface area contributed by atoms with Crippen molar-refractivity contribution < 1.29 is 10.2 Å². The Hall–Kier alpha value is -0.340. The molecule has 0 unspecified atom stereocenters. The van der Waals surface area contributed by atoms with Crippen LogP contribution in [-0.2, 0) is 0 Å². The molecule has 0 saturated heterocycles. The molecule has 2 heteroatoms. The summed E-state index contributed by atoms with van der Waals surface area (Å²) in [6.07, 6.45) is 14.4. The van der Waals surface area contributed by atoms with Crippen molar-refractivity contribution in [2.45, 2.75) is 104 Å². The molecule has 148 valence electrons. The average molecular weight is 361 g/mol. The number of aliphatic hydroxyl groups is 2. The SMILES string of the molecule is CC(C)(O)CC[C@H]1CC[C@H]2[C@@H]3CC=C4C[C@@H](O)CC[C@]4(C)[C@H]3CC[C@]12C. The van der Waals surface area contributed by atoms with E-state index in [0.717, 1.165) is 42.9 Å². The number of aliphatic hydroxyl groups excluding tert-OH is 1. The highest BCUT2D eigenvalue weighted by atomic mass is 16.3. The lowest BCUT2D eigenvalue weighted by Crippen LogP contribution is -2.50. The second kappa shape index (κ2) is 6.34. The van der Waals surface area contributed by atoms with Gasteiger partial charge in [0.05, 0.1) is 11.7 Å². The zero-order valence-corrected chi connectivity index (χ0v) is 17.4. The van der Waals surface area contributed by atoms with Gasteiger partial charge in [0.25, 0.3) is 0 Å². The lowest BCUT2D eigenvalue weighted by atomic mass is 9.47. The van der Waals surface area contributed by atoms with E-state index in [0.29, 0.717) is 10.8 Å². The summed E-state index contributed by atoms with van der Waals surface area (Å²) in [7, 11) is 0. The van der Waals surface area contributed by atoms with E-state index in [9.17, 15) is 10.2 Å². The minimum Gasteiger partial charge on any atom is -0.393 e. The summed E-state index contributed by atoms with van der Waals surface area (Å²) >= 11 is 0. The molecule has 0 radical (unpaired) electrons. The van der Waals surface area contributed by atoms with Crippen molar-refractivity contribution >= 4 is 0 Å². The first-order valence-electron chi connectivity index (χ1n) is 11.2. The van der Waals surface area contributed by atoms with Crippen molar-refractivity contribution in [3.63, 3.8) is 0 Å². The maximum atomic E-state index is 10.2. The Kier molecular flexibility index (Phi) is 4.63. The Labute approximate surface area is 160 Å². The van der Waals surface area contributed by atoms with E-state index in [4.69, 9.17) is 0 Å². The lowest BCUT2D eigenvalue weighted by molar-refractivity contribution is -0.0534. The van der Waals surface area contributed by atoms with Crippen molar-refractivity contribution in [1.29, 1.82) is 0 Å². The van der Waals surface area contributed by atoms with Gasteiger partial charge in [-0.05, 0) is 113 Å². The van der Waals surface area contributed by atoms with Gasteiger partial charge >= 0.3 is 0 Å². The van der Waals surface area contributed by atoms with Crippen LogP contribution >= 0.6 is 0 Å². The van der Waals surface area contributed by atoms with E-state index < -0.39 is 5.60 Å². The van der Waals surface area contributed by atoms with Crippen LogP contribution in [-0.4, -0.2) is 21.9 Å². The van der Waals surface area contributed by atoms with E-state index in [1.165, 1.54) is 44.9 Å². The van der Waals surface area contributed by atoms with Crippen LogP contribution in [0.2, 0.25) is 0 Å². The van der Waals surface area contributed by atoms with Gasteiger partial charge in [-0.3, -0.25) is 0 Å². The molecule has 4 rings (SSSR count). The molecule has 26 heavy (non-hydrogen) atoms. The number of hydrogen-bond donors (Lipinski definition) is 2. The largest absolute Gasteiger partial charge is 0.393 e. The monoisotopic (exact) mass is 360 g/mol. The predicted molar refractivity (Wildman–Crippen MR) is 107 cm³/mol. The third-order valence-corrected chi connectivity index (χ3v) is 9.38. The molecule has 0 aliphatic heterocycles. The Morgan fingerprint density at radius 3 is 2.58 bits per heavy atom. The highest BCUT2D eigenvalue weighted by Crippen LogP contribution is 2.66. The van der Waals surface area contributed by atoms with Gasteiger partial charge in [0.1, 0.15) is 0 Å². The average Bonchev–Trinajstić information content (AvgIpc) is 2.89. The summed E-state index contributed by atoms with van der Waals surface area (Å²) in [5.74, 6) is 3.35. The number of fused-ring (bicyclic) bond motifs is 5. The van der Waals surface area contributed by atoms with E-state index >= 15 is 0 Å². The normalized spacial score (nSPS) is 48.4. The van der Waals surface area contributed by atoms with Gasteiger partial charge in [-0.2, -0.15) is 0 Å². The van der Waals surface area contributed by atoms with Crippen LogP contribution in [0.5, 0.6) is 0 Å². The molecule has 4 aliphatic carbocycles. The minimum atomic E-state index is -0.523. The Bertz CT molecular complexity index is 573. The van der Waals surface area contributed by atoms with Crippen molar-refractivity contribution in [3.05, 3.63) is 11.6 Å². The fourth-order valence-corrected chi connectivity index (χ4v) is 7.75. The number of hydrogen-bond acceptors (Lipinski definition) is 2. The van der Waals surface area contributed by atoms with Gasteiger partial charge in [0.15, 0.2) is 0 Å². The van der Waals surface area contributed by atoms with Crippen LogP contribution in [0.3, 0.4) is 0 Å². The molecule has 2 nitrogen and oxygen atoms in total. The zero-order chi connectivity index (χ0) is 18.7. The second-order valence-corrected chi connectivity index (χ2v) is 11.3. The summed E-state index contributed by atoms with van der Waals surface area (Å²) in [6.45, 7) is 9.03. The van der Waals surface area contributed by atoms with Gasteiger partial charge in [0.2, 0.25) is 0 Å². The molecule has 0 bridgehead atoms. The zero-order valence-electron chi connectivity index (χ0n) is 17.4. The first kappa shape index (κ1) is 19.0. The van der Waals surface area contributed by atoms with Gasteiger partial charge in [-0.1, -0.05) is 25.5 Å². The summed E-state index contributed by atoms with van der Waals surface area (Å²) in [6, 6.07) is 0. The first-order chi connectivity index (χ1) is 12.1. The third-order valence-electron chi connectivity index (χ3n) is 9.38. The lowest BCUT2D eigenvalue weighted by Gasteiger charge is -2.58. The van der Waals surface area contributed by atoms with Crippen LogP contribution in [0.15, 0.2) is 11.6 Å². The standard InChI is InChI=1S/C24H40O2/c1-22(2,26)12-9-16-6-8-20-19-7-5-17-15-18(25)10-13-24(17,4)21(19)11-14-23(16,20)3/h5,16,18-21,25-26H,6-15H2,1-4H3/t16-,18+,19+,20+,21+,23-,24+/m1/s1. The molecule has 3 saturated carbocycles. The van der Waals surface area contributed by atoms with E-state index in [1.54, 1.807) is 5.57 Å². The molecule has 3 fully saturated rings. The highest BCUT2D eigenvalue weighted by Gasteiger charge is 2.58. The first-order valence-corrected chi connectivity index (χ1v) is 11.2. The number of rotatable bonds is 3. The van der Waals surface area contributed by atoms with Crippen LogP contribution < -0.4 is 0 Å². The van der Waals surface area contributed by atoms with E-state index in [2.05, 4.69) is 19.9 Å². The quantitative estimate of drug-likeness (QED) is 0.655. The van der Waals surface area contributed by atoms with Gasteiger partial charge < -0.3 is 10.2 Å². The summed E-state index contributed by atoms with van der Waals surface area (Å²) in [4.78, 5) is 0. The topological polar surface area (TPSA) is 40.5 Å². The molecule has 7 atom stereocenters. The molecular weight excluding hydrogens is 320 g/mol. The second-order valence-electron chi connectivity index (χ2n) is 11.3. The van der Waals surface area contributed by atoms with Crippen LogP contribution in [0.25, 0.3) is 0 Å². The van der Waals surface area contributed by atoms with Gasteiger partial charge in [-0.25, -0.2) is 0 Å². The molecule has 2 N–H and O–H groups in total. The fraction of sp³-hybridized carbons (Fsp3) is 0.917. The van der Waals surface area contributed by atoms with Crippen LogP contribution in [0, 0.1) is 34.5 Å². The van der Waals surface area contributed by atoms with Crippen molar-refractivity contribution in [2.75, 3.05) is 0 Å². The summed E-state index contributed by atoms with van der Waals surface area (Å²) in [5, 5.41) is 20.3. The summed E-state index contributed by atoms with van der Waals surface area (Å²) < 4.78 is 0. The summed E-state index contributed by atoms with van der Waals surface area (Å²) in [5.41, 5.74) is 1.90. The Morgan fingerprint density at radius 1 is 1.08 bits per heavy atom. The third kappa shape index (κ3) is 3.00. The Morgan fingerprint density at radius 2 is 1.85 bits per heavy atom. The van der Waals surface area contributed by atoms with Gasteiger partial charge in [-0.15, -0.1) is 0 Å². The Balaban J connectivity index is 1.54. The number of allylic oxidation sites excluding steroid dienone is 1. The minimum absolute atomic E-state index is 0.0996. The maximum Gasteiger partial charge on any atom is 0.0591 e. The molecular formula is C24H40O2. The molecule has 0 aromatic heterocycles. The molecule has 0 spiro atoms.